The zero-order chi connectivity index (χ0) is 26.1. The summed E-state index contributed by atoms with van der Waals surface area (Å²) in [6.45, 7) is 18.3. The summed E-state index contributed by atoms with van der Waals surface area (Å²) in [7, 11) is 0. The van der Waals surface area contributed by atoms with Gasteiger partial charge >= 0.3 is 0 Å². The van der Waals surface area contributed by atoms with Crippen LogP contribution in [0.5, 0.6) is 0 Å². The van der Waals surface area contributed by atoms with E-state index in [0.717, 1.165) is 11.8 Å². The molecule has 2 aliphatic carbocycles. The number of rotatable bonds is 11. The summed E-state index contributed by atoms with van der Waals surface area (Å²) in [6.07, 6.45) is 15.9. The van der Waals surface area contributed by atoms with E-state index in [9.17, 15) is 0 Å². The molecule has 0 aromatic heterocycles. The molecule has 2 aromatic rings. The van der Waals surface area contributed by atoms with Crippen LogP contribution < -0.4 is 0 Å². The van der Waals surface area contributed by atoms with E-state index in [1.165, 1.54) is 110 Å². The van der Waals surface area contributed by atoms with Gasteiger partial charge in [0.15, 0.2) is 0 Å². The van der Waals surface area contributed by atoms with E-state index in [-0.39, 0.29) is 0 Å². The quantitative estimate of drug-likeness (QED) is 0.277. The molecular formula is C36H54. The summed E-state index contributed by atoms with van der Waals surface area (Å²) >= 11 is 0. The van der Waals surface area contributed by atoms with Gasteiger partial charge in [0.2, 0.25) is 0 Å². The molecule has 0 aliphatic heterocycles. The Labute approximate surface area is 224 Å². The highest BCUT2D eigenvalue weighted by molar-refractivity contribution is 5.90. The molecule has 0 N–H and O–H groups in total. The van der Waals surface area contributed by atoms with Crippen LogP contribution in [0, 0.1) is 11.8 Å². The Balaban J connectivity index is 0.00000176. The van der Waals surface area contributed by atoms with Gasteiger partial charge in [0, 0.05) is 5.92 Å². The lowest BCUT2D eigenvalue weighted by Gasteiger charge is -2.35. The van der Waals surface area contributed by atoms with Gasteiger partial charge in [-0.2, -0.15) is 0 Å². The van der Waals surface area contributed by atoms with Crippen molar-refractivity contribution in [3.8, 4) is 11.1 Å². The molecule has 0 amide bonds. The molecule has 0 saturated heterocycles. The average molecular weight is 487 g/mol. The van der Waals surface area contributed by atoms with Crippen molar-refractivity contribution in [3.63, 3.8) is 0 Å². The smallest absolute Gasteiger partial charge is 0.0124 e. The highest BCUT2D eigenvalue weighted by Gasteiger charge is 2.37. The minimum absolute atomic E-state index is 0.491. The van der Waals surface area contributed by atoms with E-state index in [0.29, 0.717) is 11.8 Å². The predicted molar refractivity (Wildman–Crippen MR) is 162 cm³/mol. The van der Waals surface area contributed by atoms with Crippen molar-refractivity contribution in [3.05, 3.63) is 65.2 Å². The van der Waals surface area contributed by atoms with Gasteiger partial charge in [0.1, 0.15) is 0 Å². The fourth-order valence-corrected chi connectivity index (χ4v) is 6.69. The third-order valence-corrected chi connectivity index (χ3v) is 8.84. The molecular weight excluding hydrogens is 432 g/mol. The molecule has 0 nitrogen and oxygen atoms in total. The maximum Gasteiger partial charge on any atom is 0.0124 e. The van der Waals surface area contributed by atoms with E-state index in [4.69, 9.17) is 6.58 Å². The summed E-state index contributed by atoms with van der Waals surface area (Å²) in [5.41, 5.74) is 10.3. The van der Waals surface area contributed by atoms with Crippen LogP contribution in [0.1, 0.15) is 146 Å². The highest BCUT2D eigenvalue weighted by Crippen LogP contribution is 2.53. The minimum atomic E-state index is 0.491. The molecule has 4 rings (SSSR count). The van der Waals surface area contributed by atoms with E-state index in [1.54, 1.807) is 5.56 Å². The van der Waals surface area contributed by atoms with Crippen molar-refractivity contribution in [1.29, 1.82) is 0 Å². The van der Waals surface area contributed by atoms with Crippen molar-refractivity contribution in [2.75, 3.05) is 0 Å². The minimum Gasteiger partial charge on any atom is -0.0946 e. The van der Waals surface area contributed by atoms with Crippen molar-refractivity contribution in [2.24, 2.45) is 11.8 Å². The molecule has 3 unspecified atom stereocenters. The Morgan fingerprint density at radius 3 is 2.25 bits per heavy atom. The van der Waals surface area contributed by atoms with Crippen LogP contribution in [0.2, 0.25) is 0 Å². The van der Waals surface area contributed by atoms with Gasteiger partial charge in [0.25, 0.3) is 0 Å². The first-order chi connectivity index (χ1) is 17.5. The van der Waals surface area contributed by atoms with E-state index in [1.807, 2.05) is 13.8 Å². The second-order valence-corrected chi connectivity index (χ2v) is 11.6. The second-order valence-electron chi connectivity index (χ2n) is 11.6. The summed E-state index contributed by atoms with van der Waals surface area (Å²) in [6, 6.07) is 14.8. The molecule has 36 heavy (non-hydrogen) atoms. The van der Waals surface area contributed by atoms with Crippen LogP contribution in [-0.4, -0.2) is 0 Å². The Morgan fingerprint density at radius 1 is 0.833 bits per heavy atom. The molecule has 0 radical (unpaired) electrons. The Kier molecular flexibility index (Phi) is 11.3. The number of fused-ring (bicyclic) bond motifs is 3. The molecule has 0 heteroatoms. The standard InChI is InChI=1S/C34H48.C2H6/c1-6-8-10-11-12-14-27-16-19-30-31-20-18-28(25(4)13-9-7-2)23-33(31)34(26(5)32(30)22-27)29-17-15-24(3)21-29;1-2/h16,18-20,22-25,29,34H,5-15,17,21H2,1-4H3;1-2H3/t24?,25?,29-,34?;/m0./s1. The van der Waals surface area contributed by atoms with Crippen LogP contribution in [-0.2, 0) is 6.42 Å². The maximum absolute atomic E-state index is 4.79. The first-order valence-electron chi connectivity index (χ1n) is 15.5. The van der Waals surface area contributed by atoms with Crippen LogP contribution in [0.3, 0.4) is 0 Å². The average Bonchev–Trinajstić information content (AvgIpc) is 3.33. The number of hydrogen-bond acceptors (Lipinski definition) is 0. The molecule has 0 spiro atoms. The summed E-state index contributed by atoms with van der Waals surface area (Å²) < 4.78 is 0. The van der Waals surface area contributed by atoms with Gasteiger partial charge in [0.05, 0.1) is 0 Å². The normalized spacial score (nSPS) is 21.4. The number of aryl methyl sites for hydroxylation is 1. The maximum atomic E-state index is 4.79. The molecule has 2 aliphatic rings. The Morgan fingerprint density at radius 2 is 1.56 bits per heavy atom. The molecule has 198 valence electrons. The van der Waals surface area contributed by atoms with Gasteiger partial charge in [-0.25, -0.2) is 0 Å². The molecule has 2 aromatic carbocycles. The van der Waals surface area contributed by atoms with Crippen molar-refractivity contribution >= 4 is 5.57 Å². The lowest BCUT2D eigenvalue weighted by molar-refractivity contribution is 0.478. The summed E-state index contributed by atoms with van der Waals surface area (Å²) in [4.78, 5) is 0. The van der Waals surface area contributed by atoms with E-state index >= 15 is 0 Å². The third-order valence-electron chi connectivity index (χ3n) is 8.84. The lowest BCUT2D eigenvalue weighted by Crippen LogP contribution is -2.18. The number of hydrogen-bond donors (Lipinski definition) is 0. The predicted octanol–water partition coefficient (Wildman–Crippen LogP) is 11.7. The first kappa shape index (κ1) is 28.7. The van der Waals surface area contributed by atoms with Gasteiger partial charge in [-0.05, 0) is 88.8 Å². The van der Waals surface area contributed by atoms with Crippen LogP contribution in [0.25, 0.3) is 16.7 Å². The molecule has 0 heterocycles. The second kappa shape index (κ2) is 14.2. The summed E-state index contributed by atoms with van der Waals surface area (Å²) in [5, 5.41) is 0. The summed E-state index contributed by atoms with van der Waals surface area (Å²) in [5.74, 6) is 2.72. The van der Waals surface area contributed by atoms with Gasteiger partial charge < -0.3 is 0 Å². The zero-order valence-electron chi connectivity index (χ0n) is 24.5. The van der Waals surface area contributed by atoms with Crippen LogP contribution in [0.15, 0.2) is 43.0 Å². The van der Waals surface area contributed by atoms with E-state index < -0.39 is 0 Å². The van der Waals surface area contributed by atoms with Crippen LogP contribution >= 0.6 is 0 Å². The number of allylic oxidation sites excluding steroid dienone is 1. The largest absolute Gasteiger partial charge is 0.0946 e. The first-order valence-corrected chi connectivity index (χ1v) is 15.5. The fraction of sp³-hybridized carbons (Fsp3) is 0.611. The fourth-order valence-electron chi connectivity index (χ4n) is 6.69. The molecule has 1 saturated carbocycles. The molecule has 1 fully saturated rings. The third kappa shape index (κ3) is 6.73. The number of unbranched alkanes of at least 4 members (excludes halogenated alkanes) is 5. The topological polar surface area (TPSA) is 0 Å². The van der Waals surface area contributed by atoms with Gasteiger partial charge in [-0.3, -0.25) is 0 Å². The highest BCUT2D eigenvalue weighted by atomic mass is 14.4. The molecule has 0 bridgehead atoms. The lowest BCUT2D eigenvalue weighted by atomic mass is 9.69. The van der Waals surface area contributed by atoms with Crippen molar-refractivity contribution in [2.45, 2.75) is 130 Å². The number of benzene rings is 2. The monoisotopic (exact) mass is 486 g/mol. The SMILES string of the molecule is C=C1c2cc(CCCCCCC)ccc2-c2ccc(C(C)CCCC)cc2C1[C@H]1CCC(C)C1.CC. The Hall–Kier alpha value is -1.82. The van der Waals surface area contributed by atoms with Crippen molar-refractivity contribution in [1.82, 2.24) is 0 Å². The zero-order valence-corrected chi connectivity index (χ0v) is 24.5. The van der Waals surface area contributed by atoms with Gasteiger partial charge in [-0.1, -0.05) is 129 Å². The molecule has 4 atom stereocenters. The van der Waals surface area contributed by atoms with Gasteiger partial charge in [-0.15, -0.1) is 0 Å². The van der Waals surface area contributed by atoms with Crippen LogP contribution in [0.4, 0.5) is 0 Å². The Bertz CT molecular complexity index is 964. The van der Waals surface area contributed by atoms with Crippen molar-refractivity contribution < 1.29 is 0 Å². The van der Waals surface area contributed by atoms with E-state index in [2.05, 4.69) is 64.1 Å².